The smallest absolute Gasteiger partial charge is 0.225 e. The fourth-order valence-electron chi connectivity index (χ4n) is 4.80. The molecule has 0 unspecified atom stereocenters. The molecule has 1 fully saturated rings. The van der Waals surface area contributed by atoms with Gasteiger partial charge in [-0.15, -0.1) is 0 Å². The number of carbonyl (C=O) groups excluding carboxylic acids is 1. The monoisotopic (exact) mass is 370 g/mol. The molecule has 0 bridgehead atoms. The maximum absolute atomic E-state index is 12.4. The molecular formula is C20H30N6O. The van der Waals surface area contributed by atoms with Crippen molar-refractivity contribution in [3.8, 4) is 11.3 Å². The van der Waals surface area contributed by atoms with Crippen molar-refractivity contribution in [3.63, 3.8) is 0 Å². The first-order chi connectivity index (χ1) is 13.0. The quantitative estimate of drug-likeness (QED) is 0.830. The number of nitrogens with zero attached hydrogens (tertiary/aromatic N) is 6. The van der Waals surface area contributed by atoms with Crippen LogP contribution in [0.2, 0.25) is 0 Å². The summed E-state index contributed by atoms with van der Waals surface area (Å²) in [5.74, 6) is 1.49. The van der Waals surface area contributed by atoms with Crippen molar-refractivity contribution < 1.29 is 4.79 Å². The third kappa shape index (κ3) is 2.88. The molecule has 1 spiro atoms. The third-order valence-corrected chi connectivity index (χ3v) is 6.25. The Hall–Kier alpha value is -2.15. The molecule has 7 nitrogen and oxygen atoms in total. The number of aryl methyl sites for hydroxylation is 1. The van der Waals surface area contributed by atoms with E-state index in [1.807, 2.05) is 49.1 Å². The van der Waals surface area contributed by atoms with Crippen LogP contribution in [0.3, 0.4) is 0 Å². The van der Waals surface area contributed by atoms with E-state index in [1.54, 1.807) is 0 Å². The lowest BCUT2D eigenvalue weighted by Gasteiger charge is -2.51. The van der Waals surface area contributed by atoms with Gasteiger partial charge in [0, 0.05) is 50.9 Å². The molecule has 7 heteroatoms. The summed E-state index contributed by atoms with van der Waals surface area (Å²) in [6.07, 6.45) is 7.85. The summed E-state index contributed by atoms with van der Waals surface area (Å²) < 4.78 is 4.21. The van der Waals surface area contributed by atoms with Gasteiger partial charge in [-0.1, -0.05) is 20.8 Å². The Kier molecular flexibility index (Phi) is 4.58. The van der Waals surface area contributed by atoms with Gasteiger partial charge < -0.3 is 9.47 Å². The molecular weight excluding hydrogens is 340 g/mol. The summed E-state index contributed by atoms with van der Waals surface area (Å²) in [5.41, 5.74) is 2.19. The highest BCUT2D eigenvalue weighted by molar-refractivity contribution is 5.78. The Morgan fingerprint density at radius 1 is 1.19 bits per heavy atom. The van der Waals surface area contributed by atoms with Crippen LogP contribution in [0.25, 0.3) is 11.3 Å². The van der Waals surface area contributed by atoms with Crippen LogP contribution in [0.15, 0.2) is 18.6 Å². The number of aromatic nitrogens is 4. The van der Waals surface area contributed by atoms with Gasteiger partial charge in [0.15, 0.2) is 0 Å². The molecule has 0 radical (unpaired) electrons. The lowest BCUT2D eigenvalue weighted by molar-refractivity contribution is -0.138. The summed E-state index contributed by atoms with van der Waals surface area (Å²) in [5, 5.41) is 4.32. The van der Waals surface area contributed by atoms with Crippen LogP contribution in [0.1, 0.15) is 39.4 Å². The van der Waals surface area contributed by atoms with E-state index in [0.717, 1.165) is 62.6 Å². The van der Waals surface area contributed by atoms with E-state index in [4.69, 9.17) is 4.98 Å². The van der Waals surface area contributed by atoms with E-state index in [2.05, 4.69) is 21.5 Å². The normalized spacial score (nSPS) is 19.7. The highest BCUT2D eigenvalue weighted by Crippen LogP contribution is 2.42. The van der Waals surface area contributed by atoms with Crippen molar-refractivity contribution in [1.82, 2.24) is 29.1 Å². The first-order valence-electron chi connectivity index (χ1n) is 10.0. The van der Waals surface area contributed by atoms with Gasteiger partial charge in [0.05, 0.1) is 23.6 Å². The second-order valence-corrected chi connectivity index (χ2v) is 8.11. The van der Waals surface area contributed by atoms with Gasteiger partial charge in [0.1, 0.15) is 5.82 Å². The largest absolute Gasteiger partial charge is 0.342 e. The molecule has 2 aliphatic heterocycles. The Balaban J connectivity index is 1.67. The zero-order valence-electron chi connectivity index (χ0n) is 16.9. The summed E-state index contributed by atoms with van der Waals surface area (Å²) >= 11 is 0. The van der Waals surface area contributed by atoms with Crippen molar-refractivity contribution >= 4 is 5.91 Å². The number of hydrogen-bond acceptors (Lipinski definition) is 4. The number of imidazole rings is 1. The Morgan fingerprint density at radius 3 is 2.52 bits per heavy atom. The van der Waals surface area contributed by atoms with E-state index in [0.29, 0.717) is 0 Å². The van der Waals surface area contributed by atoms with Crippen LogP contribution in [0.5, 0.6) is 0 Å². The lowest BCUT2D eigenvalue weighted by Crippen LogP contribution is -2.58. The molecule has 2 aromatic rings. The van der Waals surface area contributed by atoms with Gasteiger partial charge in [-0.25, -0.2) is 4.98 Å². The molecule has 4 rings (SSSR count). The molecule has 1 amide bonds. The molecule has 0 saturated carbocycles. The number of carbonyl (C=O) groups is 1. The first-order valence-corrected chi connectivity index (χ1v) is 10.0. The molecule has 0 atom stereocenters. The Morgan fingerprint density at radius 2 is 1.93 bits per heavy atom. The van der Waals surface area contributed by atoms with E-state index >= 15 is 0 Å². The van der Waals surface area contributed by atoms with Crippen LogP contribution in [0.4, 0.5) is 0 Å². The van der Waals surface area contributed by atoms with Crippen molar-refractivity contribution in [2.75, 3.05) is 26.2 Å². The Bertz CT molecular complexity index is 827. The number of likely N-dealkylation sites (N-methyl/N-ethyl adjacent to an activating group) is 1. The summed E-state index contributed by atoms with van der Waals surface area (Å²) in [6.45, 7) is 10.8. The molecule has 2 aliphatic rings. The van der Waals surface area contributed by atoms with E-state index < -0.39 is 0 Å². The molecule has 27 heavy (non-hydrogen) atoms. The zero-order valence-corrected chi connectivity index (χ0v) is 16.9. The summed E-state index contributed by atoms with van der Waals surface area (Å²) in [4.78, 5) is 21.9. The third-order valence-electron chi connectivity index (χ3n) is 6.25. The predicted molar refractivity (Wildman–Crippen MR) is 104 cm³/mol. The van der Waals surface area contributed by atoms with Gasteiger partial charge in [-0.2, -0.15) is 5.10 Å². The SMILES string of the molecule is CCN1CCn2c(-c3cnn(C)c3)cnc2C12CCN(C(=O)C(C)C)CC2. The predicted octanol–water partition coefficient (Wildman–Crippen LogP) is 2.09. The van der Waals surface area contributed by atoms with Gasteiger partial charge in [0.2, 0.25) is 5.91 Å². The molecule has 146 valence electrons. The minimum Gasteiger partial charge on any atom is -0.342 e. The van der Waals surface area contributed by atoms with Crippen LogP contribution in [-0.4, -0.2) is 61.2 Å². The zero-order chi connectivity index (χ0) is 19.2. The van der Waals surface area contributed by atoms with Gasteiger partial charge in [-0.05, 0) is 19.4 Å². The van der Waals surface area contributed by atoms with E-state index in [9.17, 15) is 4.79 Å². The maximum atomic E-state index is 12.4. The number of fused-ring (bicyclic) bond motifs is 2. The number of amides is 1. The number of likely N-dealkylation sites (tertiary alicyclic amines) is 1. The fraction of sp³-hybridized carbons (Fsp3) is 0.650. The van der Waals surface area contributed by atoms with E-state index in [-0.39, 0.29) is 17.4 Å². The number of piperidine rings is 1. The maximum Gasteiger partial charge on any atom is 0.225 e. The highest BCUT2D eigenvalue weighted by atomic mass is 16.2. The number of rotatable bonds is 3. The second kappa shape index (κ2) is 6.78. The van der Waals surface area contributed by atoms with Crippen LogP contribution in [-0.2, 0) is 23.9 Å². The minimum atomic E-state index is -0.0682. The summed E-state index contributed by atoms with van der Waals surface area (Å²) in [6, 6.07) is 0. The highest BCUT2D eigenvalue weighted by Gasteiger charge is 2.47. The van der Waals surface area contributed by atoms with Crippen LogP contribution >= 0.6 is 0 Å². The van der Waals surface area contributed by atoms with Crippen LogP contribution < -0.4 is 0 Å². The lowest BCUT2D eigenvalue weighted by atomic mass is 9.82. The minimum absolute atomic E-state index is 0.0619. The van der Waals surface area contributed by atoms with Crippen molar-refractivity contribution in [3.05, 3.63) is 24.4 Å². The number of hydrogen-bond donors (Lipinski definition) is 0. The van der Waals surface area contributed by atoms with Gasteiger partial charge in [-0.3, -0.25) is 14.4 Å². The molecule has 4 heterocycles. The standard InChI is InChI=1S/C20H30N6O/c1-5-25-10-11-26-17(16-12-22-23(4)14-16)13-21-19(26)20(25)6-8-24(9-7-20)18(27)15(2)3/h12-15H,5-11H2,1-4H3. The average Bonchev–Trinajstić information content (AvgIpc) is 3.28. The van der Waals surface area contributed by atoms with Crippen LogP contribution in [0, 0.1) is 5.92 Å². The van der Waals surface area contributed by atoms with Crippen molar-refractivity contribution in [2.24, 2.45) is 13.0 Å². The summed E-state index contributed by atoms with van der Waals surface area (Å²) in [7, 11) is 1.94. The Labute approximate surface area is 161 Å². The average molecular weight is 371 g/mol. The van der Waals surface area contributed by atoms with Crippen molar-refractivity contribution in [1.29, 1.82) is 0 Å². The fourth-order valence-corrected chi connectivity index (χ4v) is 4.80. The molecule has 0 N–H and O–H groups in total. The van der Waals surface area contributed by atoms with Crippen molar-refractivity contribution in [2.45, 2.75) is 45.7 Å². The molecule has 0 aromatic carbocycles. The topological polar surface area (TPSA) is 59.2 Å². The van der Waals surface area contributed by atoms with E-state index in [1.165, 1.54) is 0 Å². The first kappa shape index (κ1) is 18.2. The molecule has 2 aromatic heterocycles. The van der Waals surface area contributed by atoms with Gasteiger partial charge in [0.25, 0.3) is 0 Å². The van der Waals surface area contributed by atoms with Gasteiger partial charge >= 0.3 is 0 Å². The molecule has 0 aliphatic carbocycles. The molecule has 1 saturated heterocycles. The second-order valence-electron chi connectivity index (χ2n) is 8.11.